The Morgan fingerprint density at radius 2 is 1.40 bits per heavy atom. The number of nitro benzene ring substituents is 2. The van der Waals surface area contributed by atoms with Gasteiger partial charge in [-0.05, 0) is 36.8 Å². The summed E-state index contributed by atoms with van der Waals surface area (Å²) in [5, 5.41) is 21.9. The van der Waals surface area contributed by atoms with Crippen LogP contribution >= 0.6 is 0 Å². The Morgan fingerprint density at radius 3 is 1.95 bits per heavy atom. The van der Waals surface area contributed by atoms with Crippen LogP contribution in [0.25, 0.3) is 0 Å². The third-order valence-electron chi connectivity index (χ3n) is 6.35. The highest BCUT2D eigenvalue weighted by molar-refractivity contribution is 6.00. The van der Waals surface area contributed by atoms with E-state index >= 15 is 0 Å². The van der Waals surface area contributed by atoms with E-state index in [-0.39, 0.29) is 45.8 Å². The molecule has 12 nitrogen and oxygen atoms in total. The summed E-state index contributed by atoms with van der Waals surface area (Å²) >= 11 is 0. The maximum Gasteiger partial charge on any atom is 0.346 e. The predicted octanol–water partition coefficient (Wildman–Crippen LogP) is 5.87. The number of cyclic esters (lactones) is 1. The number of nitrogens with zero attached hydrogens (tertiary/aromatic N) is 2. The molecular formula is C28H24N2O10. The van der Waals surface area contributed by atoms with E-state index in [1.165, 1.54) is 42.5 Å². The number of fused-ring (bicyclic) bond motifs is 1. The van der Waals surface area contributed by atoms with E-state index in [4.69, 9.17) is 14.2 Å². The number of rotatable bonds is 11. The van der Waals surface area contributed by atoms with Crippen molar-refractivity contribution < 1.29 is 38.4 Å². The number of unbranched alkanes of at least 4 members (excludes halogenated alkanes) is 3. The van der Waals surface area contributed by atoms with Crippen LogP contribution in [0.4, 0.5) is 11.4 Å². The number of carbonyl (C=O) groups is 3. The molecular weight excluding hydrogens is 524 g/mol. The van der Waals surface area contributed by atoms with Crippen molar-refractivity contribution in [3.63, 3.8) is 0 Å². The first-order chi connectivity index (χ1) is 19.1. The van der Waals surface area contributed by atoms with Gasteiger partial charge in [0.2, 0.25) is 0 Å². The first-order valence-corrected chi connectivity index (χ1v) is 12.5. The van der Waals surface area contributed by atoms with Crippen molar-refractivity contribution in [3.05, 3.63) is 109 Å². The fraction of sp³-hybridized carbons (Fsp3) is 0.250. The topological polar surface area (TPSA) is 165 Å². The molecule has 0 saturated carbocycles. The number of esters is 3. The quantitative estimate of drug-likeness (QED) is 0.0929. The second-order valence-electron chi connectivity index (χ2n) is 9.02. The SMILES string of the molecule is CCCCCC[C@]1(OC(=O)c2ccc([N+](=O)[O-])cc2)OC(=O)c2c(OC(=O)c3ccc([N+](=O)[O-])cc3)cccc21. The average molecular weight is 549 g/mol. The van der Waals surface area contributed by atoms with Gasteiger partial charge in [0.25, 0.3) is 17.2 Å². The van der Waals surface area contributed by atoms with Gasteiger partial charge in [0.1, 0.15) is 11.3 Å². The third-order valence-corrected chi connectivity index (χ3v) is 6.35. The normalized spacial score (nSPS) is 15.6. The average Bonchev–Trinajstić information content (AvgIpc) is 3.23. The molecule has 0 fully saturated rings. The largest absolute Gasteiger partial charge is 0.422 e. The van der Waals surface area contributed by atoms with Crippen molar-refractivity contribution in [2.24, 2.45) is 0 Å². The number of hydrogen-bond donors (Lipinski definition) is 0. The minimum atomic E-state index is -1.81. The van der Waals surface area contributed by atoms with Crippen LogP contribution in [-0.4, -0.2) is 27.8 Å². The molecule has 1 aliphatic rings. The molecule has 40 heavy (non-hydrogen) atoms. The number of hydrogen-bond acceptors (Lipinski definition) is 10. The number of nitro groups is 2. The summed E-state index contributed by atoms with van der Waals surface area (Å²) in [6.45, 7) is 2.03. The van der Waals surface area contributed by atoms with Crippen molar-refractivity contribution in [2.45, 2.75) is 44.8 Å². The Morgan fingerprint density at radius 1 is 0.825 bits per heavy atom. The van der Waals surface area contributed by atoms with Gasteiger partial charge in [0, 0.05) is 30.7 Å². The Kier molecular flexibility index (Phi) is 8.18. The Balaban J connectivity index is 1.65. The zero-order valence-electron chi connectivity index (χ0n) is 21.4. The van der Waals surface area contributed by atoms with E-state index in [1.54, 1.807) is 0 Å². The standard InChI is InChI=1S/C28H24N2O10/c1-2-3-4-5-17-28(39-26(32)19-11-15-21(16-12-19)30(36)37)22-7-6-8-23(24(22)27(33)40-28)38-25(31)18-9-13-20(14-10-18)29(34)35/h6-16H,2-5,17H2,1H3/t28-/m0/s1. The second kappa shape index (κ2) is 11.7. The summed E-state index contributed by atoms with van der Waals surface area (Å²) in [6, 6.07) is 14.0. The maximum absolute atomic E-state index is 13.1. The highest BCUT2D eigenvalue weighted by Crippen LogP contribution is 2.45. The molecule has 3 aromatic rings. The van der Waals surface area contributed by atoms with Crippen molar-refractivity contribution in [3.8, 4) is 5.75 Å². The van der Waals surface area contributed by atoms with Crippen LogP contribution in [0.2, 0.25) is 0 Å². The van der Waals surface area contributed by atoms with E-state index in [2.05, 4.69) is 0 Å². The van der Waals surface area contributed by atoms with E-state index < -0.39 is 33.5 Å². The van der Waals surface area contributed by atoms with Gasteiger partial charge in [-0.2, -0.15) is 0 Å². The van der Waals surface area contributed by atoms with Gasteiger partial charge in [0.05, 0.1) is 26.5 Å². The monoisotopic (exact) mass is 548 g/mol. The zero-order chi connectivity index (χ0) is 28.9. The van der Waals surface area contributed by atoms with Crippen LogP contribution in [-0.2, 0) is 15.3 Å². The predicted molar refractivity (Wildman–Crippen MR) is 139 cm³/mol. The van der Waals surface area contributed by atoms with E-state index in [0.717, 1.165) is 43.5 Å². The fourth-order valence-corrected chi connectivity index (χ4v) is 4.30. The zero-order valence-corrected chi connectivity index (χ0v) is 21.4. The Labute approximate surface area is 227 Å². The van der Waals surface area contributed by atoms with Gasteiger partial charge in [-0.25, -0.2) is 14.4 Å². The van der Waals surface area contributed by atoms with Crippen LogP contribution in [0.1, 0.15) is 75.7 Å². The number of non-ortho nitro benzene ring substituents is 2. The molecule has 206 valence electrons. The van der Waals surface area contributed by atoms with Crippen LogP contribution < -0.4 is 4.74 Å². The van der Waals surface area contributed by atoms with Crippen LogP contribution in [0.15, 0.2) is 66.7 Å². The van der Waals surface area contributed by atoms with Crippen molar-refractivity contribution in [2.75, 3.05) is 0 Å². The molecule has 1 heterocycles. The number of ether oxygens (including phenoxy) is 3. The van der Waals surface area contributed by atoms with Gasteiger partial charge < -0.3 is 14.2 Å². The molecule has 3 aromatic carbocycles. The summed E-state index contributed by atoms with van der Waals surface area (Å²) in [5.74, 6) is -4.53. The Hall–Kier alpha value is -5.13. The van der Waals surface area contributed by atoms with Gasteiger partial charge in [-0.1, -0.05) is 38.3 Å². The van der Waals surface area contributed by atoms with Crippen LogP contribution in [0.3, 0.4) is 0 Å². The molecule has 0 N–H and O–H groups in total. The fourth-order valence-electron chi connectivity index (χ4n) is 4.30. The lowest BCUT2D eigenvalue weighted by Crippen LogP contribution is -2.33. The number of carbonyl (C=O) groups excluding carboxylic acids is 3. The summed E-state index contributed by atoms with van der Waals surface area (Å²) in [7, 11) is 0. The lowest BCUT2D eigenvalue weighted by molar-refractivity contribution is -0.385. The molecule has 1 aliphatic heterocycles. The molecule has 0 spiro atoms. The molecule has 0 aromatic heterocycles. The van der Waals surface area contributed by atoms with Crippen LogP contribution in [0, 0.1) is 20.2 Å². The van der Waals surface area contributed by atoms with E-state index in [0.29, 0.717) is 6.42 Å². The highest BCUT2D eigenvalue weighted by Gasteiger charge is 2.50. The summed E-state index contributed by atoms with van der Waals surface area (Å²) in [5.41, 5.74) is -0.275. The van der Waals surface area contributed by atoms with Gasteiger partial charge in [-0.15, -0.1) is 0 Å². The molecule has 0 aliphatic carbocycles. The Bertz CT molecular complexity index is 1470. The van der Waals surface area contributed by atoms with Crippen molar-refractivity contribution in [1.29, 1.82) is 0 Å². The minimum Gasteiger partial charge on any atom is -0.422 e. The van der Waals surface area contributed by atoms with Crippen molar-refractivity contribution >= 4 is 29.3 Å². The molecule has 4 rings (SSSR count). The lowest BCUT2D eigenvalue weighted by Gasteiger charge is -2.28. The first-order valence-electron chi connectivity index (χ1n) is 12.5. The summed E-state index contributed by atoms with van der Waals surface area (Å²) in [4.78, 5) is 59.6. The lowest BCUT2D eigenvalue weighted by atomic mass is 9.96. The maximum atomic E-state index is 13.1. The molecule has 0 saturated heterocycles. The molecule has 0 unspecified atom stereocenters. The third kappa shape index (κ3) is 5.80. The first kappa shape index (κ1) is 27.9. The molecule has 0 radical (unpaired) electrons. The van der Waals surface area contributed by atoms with E-state index in [1.807, 2.05) is 6.92 Å². The van der Waals surface area contributed by atoms with Crippen LogP contribution in [0.5, 0.6) is 5.75 Å². The number of benzene rings is 3. The smallest absolute Gasteiger partial charge is 0.346 e. The van der Waals surface area contributed by atoms with Gasteiger partial charge >= 0.3 is 17.9 Å². The highest BCUT2D eigenvalue weighted by atomic mass is 16.7. The minimum absolute atomic E-state index is 0.0174. The molecule has 0 bridgehead atoms. The van der Waals surface area contributed by atoms with Gasteiger partial charge in [-0.3, -0.25) is 20.2 Å². The molecule has 12 heteroatoms. The summed E-state index contributed by atoms with van der Waals surface area (Å²) in [6.07, 6.45) is 3.29. The molecule has 0 amide bonds. The molecule has 1 atom stereocenters. The van der Waals surface area contributed by atoms with Crippen molar-refractivity contribution in [1.82, 2.24) is 0 Å². The van der Waals surface area contributed by atoms with Gasteiger partial charge in [0.15, 0.2) is 0 Å². The van der Waals surface area contributed by atoms with E-state index in [9.17, 15) is 34.6 Å². The summed E-state index contributed by atoms with van der Waals surface area (Å²) < 4.78 is 16.9. The second-order valence-corrected chi connectivity index (χ2v) is 9.02.